The van der Waals surface area contributed by atoms with E-state index in [9.17, 15) is 19.2 Å². The second-order valence-corrected chi connectivity index (χ2v) is 10.1. The molecule has 36 heavy (non-hydrogen) atoms. The van der Waals surface area contributed by atoms with Gasteiger partial charge in [-0.2, -0.15) is 0 Å². The van der Waals surface area contributed by atoms with Gasteiger partial charge in [0.05, 0.1) is 24.1 Å². The SMILES string of the molecule is CN(C)CCOc1ccc(-c2nc3cc(CO)cc(CO)c3c(=O)[nH]2)cc1-c1ccc(S(C)=O)cc1. The third-order valence-electron chi connectivity index (χ3n) is 5.85. The van der Waals surface area contributed by atoms with Gasteiger partial charge in [-0.05, 0) is 67.2 Å². The minimum Gasteiger partial charge on any atom is -0.492 e. The molecule has 9 heteroatoms. The zero-order valence-electron chi connectivity index (χ0n) is 20.4. The number of hydrogen-bond acceptors (Lipinski definition) is 7. The van der Waals surface area contributed by atoms with Crippen LogP contribution in [0.15, 0.2) is 64.3 Å². The number of aromatic nitrogens is 2. The summed E-state index contributed by atoms with van der Waals surface area (Å²) in [5.74, 6) is 1.04. The van der Waals surface area contributed by atoms with Crippen molar-refractivity contribution in [2.24, 2.45) is 0 Å². The first-order chi connectivity index (χ1) is 17.3. The van der Waals surface area contributed by atoms with E-state index in [0.29, 0.717) is 45.8 Å². The van der Waals surface area contributed by atoms with Crippen LogP contribution in [0, 0.1) is 0 Å². The van der Waals surface area contributed by atoms with Crippen LogP contribution in [0.5, 0.6) is 5.75 Å². The summed E-state index contributed by atoms with van der Waals surface area (Å²) in [7, 11) is 2.86. The number of aliphatic hydroxyl groups is 2. The molecule has 3 N–H and O–H groups in total. The van der Waals surface area contributed by atoms with Crippen molar-refractivity contribution in [3.05, 3.63) is 76.1 Å². The number of rotatable bonds is 9. The minimum absolute atomic E-state index is 0.228. The highest BCUT2D eigenvalue weighted by Crippen LogP contribution is 2.34. The molecule has 0 radical (unpaired) electrons. The van der Waals surface area contributed by atoms with E-state index in [0.717, 1.165) is 22.6 Å². The summed E-state index contributed by atoms with van der Waals surface area (Å²) in [6.07, 6.45) is 1.64. The van der Waals surface area contributed by atoms with Gasteiger partial charge in [0, 0.05) is 39.6 Å². The molecule has 0 aliphatic rings. The van der Waals surface area contributed by atoms with Crippen molar-refractivity contribution in [3.63, 3.8) is 0 Å². The number of fused-ring (bicyclic) bond motifs is 1. The Balaban J connectivity index is 1.83. The van der Waals surface area contributed by atoms with Crippen molar-refractivity contribution in [3.8, 4) is 28.3 Å². The minimum atomic E-state index is -1.09. The Morgan fingerprint density at radius 1 is 1.00 bits per heavy atom. The van der Waals surface area contributed by atoms with Crippen molar-refractivity contribution < 1.29 is 19.2 Å². The summed E-state index contributed by atoms with van der Waals surface area (Å²) < 4.78 is 17.9. The zero-order valence-corrected chi connectivity index (χ0v) is 21.3. The number of H-pyrrole nitrogens is 1. The molecule has 3 aromatic carbocycles. The van der Waals surface area contributed by atoms with E-state index in [4.69, 9.17) is 4.74 Å². The lowest BCUT2D eigenvalue weighted by atomic mass is 10.0. The molecule has 1 heterocycles. The third-order valence-corrected chi connectivity index (χ3v) is 6.79. The van der Waals surface area contributed by atoms with E-state index in [1.807, 2.05) is 61.5 Å². The van der Waals surface area contributed by atoms with Gasteiger partial charge in [-0.3, -0.25) is 9.00 Å². The van der Waals surface area contributed by atoms with Crippen LogP contribution in [0.3, 0.4) is 0 Å². The molecule has 0 bridgehead atoms. The lowest BCUT2D eigenvalue weighted by Crippen LogP contribution is -2.19. The van der Waals surface area contributed by atoms with Gasteiger partial charge in [0.1, 0.15) is 18.2 Å². The molecule has 0 aliphatic carbocycles. The van der Waals surface area contributed by atoms with E-state index < -0.39 is 10.8 Å². The highest BCUT2D eigenvalue weighted by molar-refractivity contribution is 7.84. The summed E-state index contributed by atoms with van der Waals surface area (Å²) in [4.78, 5) is 23.2. The predicted molar refractivity (Wildman–Crippen MR) is 141 cm³/mol. The lowest BCUT2D eigenvalue weighted by Gasteiger charge is -2.16. The number of likely N-dealkylation sites (N-methyl/N-ethyl adjacent to an activating group) is 1. The van der Waals surface area contributed by atoms with E-state index in [1.165, 1.54) is 0 Å². The lowest BCUT2D eigenvalue weighted by molar-refractivity contribution is 0.262. The van der Waals surface area contributed by atoms with Crippen LogP contribution < -0.4 is 10.3 Å². The monoisotopic (exact) mass is 507 g/mol. The standard InChI is InChI=1S/C27H29N3O5S/c1-30(2)10-11-35-24-9-6-19(14-22(24)18-4-7-21(8-5-18)36(3)34)26-28-23-13-17(15-31)12-20(16-32)25(23)27(33)29-26/h4-9,12-14,31-32H,10-11,15-16H2,1-3H3,(H,28,29,33). The average molecular weight is 508 g/mol. The van der Waals surface area contributed by atoms with Crippen LogP contribution >= 0.6 is 0 Å². The van der Waals surface area contributed by atoms with Crippen molar-refractivity contribution in [2.75, 3.05) is 33.5 Å². The normalized spacial score (nSPS) is 12.3. The molecule has 188 valence electrons. The molecular weight excluding hydrogens is 478 g/mol. The van der Waals surface area contributed by atoms with Crippen molar-refractivity contribution in [1.29, 1.82) is 0 Å². The molecule has 1 atom stereocenters. The smallest absolute Gasteiger partial charge is 0.259 e. The van der Waals surface area contributed by atoms with Gasteiger partial charge in [-0.25, -0.2) is 4.98 Å². The summed E-state index contributed by atoms with van der Waals surface area (Å²) >= 11 is 0. The quantitative estimate of drug-likeness (QED) is 0.319. The predicted octanol–water partition coefficient (Wildman–Crippen LogP) is 2.92. The molecule has 0 saturated carbocycles. The van der Waals surface area contributed by atoms with Gasteiger partial charge in [0.25, 0.3) is 5.56 Å². The zero-order chi connectivity index (χ0) is 25.8. The topological polar surface area (TPSA) is 116 Å². The summed E-state index contributed by atoms with van der Waals surface area (Å²) in [6, 6.07) is 16.3. The molecule has 4 aromatic rings. The maximum Gasteiger partial charge on any atom is 0.259 e. The number of nitrogens with one attached hydrogen (secondary N) is 1. The number of nitrogens with zero attached hydrogens (tertiary/aromatic N) is 2. The number of ether oxygens (including phenoxy) is 1. The Hall–Kier alpha value is -3.37. The number of aliphatic hydroxyl groups excluding tert-OH is 2. The summed E-state index contributed by atoms with van der Waals surface area (Å²) in [5.41, 5.74) is 3.36. The number of benzene rings is 3. The Bertz CT molecular complexity index is 1470. The number of aromatic amines is 1. The molecule has 4 rings (SSSR count). The maximum absolute atomic E-state index is 13.0. The van der Waals surface area contributed by atoms with Crippen LogP contribution in [0.25, 0.3) is 33.4 Å². The van der Waals surface area contributed by atoms with Crippen molar-refractivity contribution in [2.45, 2.75) is 18.1 Å². The van der Waals surface area contributed by atoms with Gasteiger partial charge in [-0.15, -0.1) is 0 Å². The van der Waals surface area contributed by atoms with Crippen LogP contribution in [0.4, 0.5) is 0 Å². The van der Waals surface area contributed by atoms with Crippen molar-refractivity contribution in [1.82, 2.24) is 14.9 Å². The van der Waals surface area contributed by atoms with Gasteiger partial charge in [0.15, 0.2) is 0 Å². The molecule has 0 amide bonds. The Morgan fingerprint density at radius 3 is 2.36 bits per heavy atom. The van der Waals surface area contributed by atoms with Gasteiger partial charge < -0.3 is 24.8 Å². The second-order valence-electron chi connectivity index (χ2n) is 8.72. The van der Waals surface area contributed by atoms with E-state index in [2.05, 4.69) is 9.97 Å². The van der Waals surface area contributed by atoms with Crippen LogP contribution in [0.1, 0.15) is 11.1 Å². The molecule has 0 saturated heterocycles. The molecule has 1 unspecified atom stereocenters. The van der Waals surface area contributed by atoms with E-state index in [-0.39, 0.29) is 18.8 Å². The maximum atomic E-state index is 13.0. The molecule has 8 nitrogen and oxygen atoms in total. The molecule has 0 spiro atoms. The first kappa shape index (κ1) is 25.7. The largest absolute Gasteiger partial charge is 0.492 e. The molecule has 0 aliphatic heterocycles. The highest BCUT2D eigenvalue weighted by Gasteiger charge is 2.15. The van der Waals surface area contributed by atoms with Gasteiger partial charge in [0.2, 0.25) is 0 Å². The Labute approximate surface area is 211 Å². The Morgan fingerprint density at radius 2 is 1.72 bits per heavy atom. The van der Waals surface area contributed by atoms with Crippen LogP contribution in [0.2, 0.25) is 0 Å². The van der Waals surface area contributed by atoms with Gasteiger partial charge >= 0.3 is 0 Å². The van der Waals surface area contributed by atoms with Gasteiger partial charge in [-0.1, -0.05) is 18.2 Å². The Kier molecular flexibility index (Phi) is 7.95. The second kappa shape index (κ2) is 11.1. The summed E-state index contributed by atoms with van der Waals surface area (Å²) in [5, 5.41) is 19.6. The molecule has 1 aromatic heterocycles. The van der Waals surface area contributed by atoms with Crippen molar-refractivity contribution >= 4 is 21.7 Å². The fourth-order valence-electron chi connectivity index (χ4n) is 3.96. The third kappa shape index (κ3) is 5.55. The molecule has 0 fully saturated rings. The first-order valence-corrected chi connectivity index (χ1v) is 13.0. The fourth-order valence-corrected chi connectivity index (χ4v) is 4.48. The van der Waals surface area contributed by atoms with Crippen LogP contribution in [-0.2, 0) is 24.0 Å². The average Bonchev–Trinajstić information content (AvgIpc) is 2.87. The molecular formula is C27H29N3O5S. The van der Waals surface area contributed by atoms with Crippen LogP contribution in [-0.4, -0.2) is 62.8 Å². The number of hydrogen-bond donors (Lipinski definition) is 3. The van der Waals surface area contributed by atoms with E-state index in [1.54, 1.807) is 18.4 Å². The summed E-state index contributed by atoms with van der Waals surface area (Å²) in [6.45, 7) is 0.675. The fraction of sp³-hybridized carbons (Fsp3) is 0.259. The van der Waals surface area contributed by atoms with E-state index >= 15 is 0 Å². The highest BCUT2D eigenvalue weighted by atomic mass is 32.2. The first-order valence-electron chi connectivity index (χ1n) is 11.4.